The topological polar surface area (TPSA) is 17.1 Å². The van der Waals surface area contributed by atoms with Gasteiger partial charge in [-0.1, -0.05) is 6.33 Å². The summed E-state index contributed by atoms with van der Waals surface area (Å²) < 4.78 is 11.1. The van der Waals surface area contributed by atoms with E-state index in [-0.39, 0.29) is 5.78 Å². The van der Waals surface area contributed by atoms with Gasteiger partial charge in [-0.3, -0.25) is 10.7 Å². The quantitative estimate of drug-likeness (QED) is 0.291. The zero-order chi connectivity index (χ0) is 9.23. The third-order valence-corrected chi connectivity index (χ3v) is 0.625. The highest BCUT2D eigenvalue weighted by Gasteiger charge is 1.73. The summed E-state index contributed by atoms with van der Waals surface area (Å²) in [7, 11) is 0. The molecular formula is C10H4FO-. The fourth-order valence-corrected chi connectivity index (χ4v) is 0.281. The molecule has 1 nitrogen and oxygen atoms in total. The van der Waals surface area contributed by atoms with Crippen LogP contribution in [0.4, 0.5) is 4.39 Å². The maximum Gasteiger partial charge on any atom is 0.203 e. The number of halogens is 1. The third-order valence-electron chi connectivity index (χ3n) is 0.625. The molecule has 0 aromatic rings. The van der Waals surface area contributed by atoms with Crippen molar-refractivity contribution in [2.45, 2.75) is 6.92 Å². The number of rotatable bonds is 0. The molecule has 0 N–H and O–H groups in total. The van der Waals surface area contributed by atoms with Gasteiger partial charge in [0.05, 0.1) is 0 Å². The van der Waals surface area contributed by atoms with Crippen molar-refractivity contribution in [3.05, 3.63) is 12.4 Å². The molecule has 0 bridgehead atoms. The van der Waals surface area contributed by atoms with E-state index in [1.165, 1.54) is 13.3 Å². The van der Waals surface area contributed by atoms with Crippen LogP contribution in [-0.4, -0.2) is 5.78 Å². The van der Waals surface area contributed by atoms with E-state index in [1.54, 1.807) is 0 Å². The number of hydrogen-bond acceptors (Lipinski definition) is 1. The van der Waals surface area contributed by atoms with Gasteiger partial charge in [0.25, 0.3) is 0 Å². The second-order valence-corrected chi connectivity index (χ2v) is 1.58. The Balaban J connectivity index is 4.04. The SMILES string of the molecule is CC(=O)C#CC#CC#CC=[C-]F. The first-order chi connectivity index (χ1) is 5.77. The van der Waals surface area contributed by atoms with Crippen molar-refractivity contribution in [3.8, 4) is 35.5 Å². The second kappa shape index (κ2) is 7.13. The predicted molar refractivity (Wildman–Crippen MR) is 42.9 cm³/mol. The van der Waals surface area contributed by atoms with Crippen LogP contribution in [0, 0.1) is 41.9 Å². The maximum absolute atomic E-state index is 11.1. The smallest absolute Gasteiger partial charge is 0.203 e. The summed E-state index contributed by atoms with van der Waals surface area (Å²) in [5.74, 6) is 13.3. The first-order valence-corrected chi connectivity index (χ1v) is 2.97. The van der Waals surface area contributed by atoms with Gasteiger partial charge < -0.3 is 4.39 Å². The molecule has 0 heterocycles. The van der Waals surface area contributed by atoms with Crippen LogP contribution in [0.1, 0.15) is 6.92 Å². The minimum absolute atomic E-state index is 0.255. The normalized spacial score (nSPS) is 6.83. The van der Waals surface area contributed by atoms with Crippen LogP contribution in [0.3, 0.4) is 0 Å². The fraction of sp³-hybridized carbons (Fsp3) is 0.100. The second-order valence-electron chi connectivity index (χ2n) is 1.58. The Labute approximate surface area is 70.7 Å². The van der Waals surface area contributed by atoms with Crippen molar-refractivity contribution in [3.63, 3.8) is 0 Å². The van der Waals surface area contributed by atoms with E-state index in [1.807, 2.05) is 0 Å². The minimum atomic E-state index is -0.255. The van der Waals surface area contributed by atoms with Gasteiger partial charge >= 0.3 is 0 Å². The van der Waals surface area contributed by atoms with Crippen LogP contribution < -0.4 is 0 Å². The molecule has 0 saturated heterocycles. The maximum atomic E-state index is 11.1. The summed E-state index contributed by atoms with van der Waals surface area (Å²) in [6, 6.07) is 0. The number of ketones is 1. The Morgan fingerprint density at radius 3 is 2.58 bits per heavy atom. The highest BCUT2D eigenvalue weighted by atomic mass is 19.1. The van der Waals surface area contributed by atoms with E-state index in [0.717, 1.165) is 6.08 Å². The Kier molecular flexibility index (Phi) is 5.95. The van der Waals surface area contributed by atoms with Crippen LogP contribution in [0.15, 0.2) is 6.08 Å². The lowest BCUT2D eigenvalue weighted by atomic mass is 10.4. The number of allylic oxidation sites excluding steroid dienone is 1. The van der Waals surface area contributed by atoms with Crippen molar-refractivity contribution in [1.82, 2.24) is 0 Å². The lowest BCUT2D eigenvalue weighted by molar-refractivity contribution is -0.111. The molecule has 12 heavy (non-hydrogen) atoms. The van der Waals surface area contributed by atoms with Crippen LogP contribution >= 0.6 is 0 Å². The van der Waals surface area contributed by atoms with Gasteiger partial charge in [-0.05, 0) is 23.7 Å². The molecule has 0 fully saturated rings. The molecule has 0 aliphatic carbocycles. The van der Waals surface area contributed by atoms with E-state index < -0.39 is 0 Å². The van der Waals surface area contributed by atoms with Crippen molar-refractivity contribution in [2.24, 2.45) is 0 Å². The monoisotopic (exact) mass is 159 g/mol. The molecule has 0 saturated carbocycles. The van der Waals surface area contributed by atoms with Crippen molar-refractivity contribution in [2.75, 3.05) is 0 Å². The standard InChI is InChI=1S/C10H4FO/c1-10(12)8-6-4-2-3-5-7-9-11/h7H,1H3/q-1. The van der Waals surface area contributed by atoms with Gasteiger partial charge in [-0.15, -0.1) is 5.92 Å². The van der Waals surface area contributed by atoms with Crippen molar-refractivity contribution >= 4 is 5.78 Å². The molecule has 2 heteroatoms. The number of Topliss-reactive ketones (excluding diaryl/α,β-unsaturated/α-hetero) is 1. The minimum Gasteiger partial charge on any atom is -0.337 e. The van der Waals surface area contributed by atoms with Gasteiger partial charge in [0.15, 0.2) is 0 Å². The Morgan fingerprint density at radius 1 is 1.33 bits per heavy atom. The molecule has 0 spiro atoms. The third kappa shape index (κ3) is 8.02. The molecule has 0 unspecified atom stereocenters. The highest BCUT2D eigenvalue weighted by Crippen LogP contribution is 1.65. The zero-order valence-electron chi connectivity index (χ0n) is 6.36. The molecule has 0 aromatic carbocycles. The molecule has 0 rings (SSSR count). The molecule has 0 aromatic heterocycles. The summed E-state index contributed by atoms with van der Waals surface area (Å²) in [6.45, 7) is 1.33. The molecular weight excluding hydrogens is 155 g/mol. The van der Waals surface area contributed by atoms with E-state index in [4.69, 9.17) is 0 Å². The molecule has 58 valence electrons. The summed E-state index contributed by atoms with van der Waals surface area (Å²) in [6.07, 6.45) is 2.12. The number of hydrogen-bond donors (Lipinski definition) is 0. The van der Waals surface area contributed by atoms with Gasteiger partial charge in [-0.2, -0.15) is 6.08 Å². The Bertz CT molecular complexity index is 358. The first-order valence-electron chi connectivity index (χ1n) is 2.97. The lowest BCUT2D eigenvalue weighted by Gasteiger charge is -1.71. The van der Waals surface area contributed by atoms with Crippen LogP contribution in [0.25, 0.3) is 0 Å². The van der Waals surface area contributed by atoms with Gasteiger partial charge in [0.1, 0.15) is 0 Å². The van der Waals surface area contributed by atoms with Crippen molar-refractivity contribution < 1.29 is 9.18 Å². The molecule has 0 amide bonds. The molecule has 0 radical (unpaired) electrons. The fourth-order valence-electron chi connectivity index (χ4n) is 0.281. The highest BCUT2D eigenvalue weighted by molar-refractivity contribution is 5.93. The predicted octanol–water partition coefficient (Wildman–Crippen LogP) is 0.872. The first kappa shape index (κ1) is 10.0. The zero-order valence-corrected chi connectivity index (χ0v) is 6.36. The average Bonchev–Trinajstić information content (AvgIpc) is 2.02. The van der Waals surface area contributed by atoms with E-state index in [9.17, 15) is 9.18 Å². The summed E-state index contributed by atoms with van der Waals surface area (Å²) in [5, 5.41) is 0. The van der Waals surface area contributed by atoms with Crippen LogP contribution in [-0.2, 0) is 4.79 Å². The largest absolute Gasteiger partial charge is 0.337 e. The summed E-state index contributed by atoms with van der Waals surface area (Å²) >= 11 is 0. The van der Waals surface area contributed by atoms with E-state index in [0.29, 0.717) is 0 Å². The van der Waals surface area contributed by atoms with Gasteiger partial charge in [0.2, 0.25) is 5.78 Å². The van der Waals surface area contributed by atoms with Gasteiger partial charge in [0, 0.05) is 6.92 Å². The average molecular weight is 159 g/mol. The number of carbonyl (C=O) groups excluding carboxylic acids is 1. The lowest BCUT2D eigenvalue weighted by Crippen LogP contribution is -1.78. The Morgan fingerprint density at radius 2 is 2.00 bits per heavy atom. The summed E-state index contributed by atoms with van der Waals surface area (Å²) in [5.41, 5.74) is 0. The van der Waals surface area contributed by atoms with Crippen LogP contribution in [0.2, 0.25) is 0 Å². The molecule has 0 aliphatic heterocycles. The van der Waals surface area contributed by atoms with Gasteiger partial charge in [-0.25, -0.2) is 0 Å². The summed E-state index contributed by atoms with van der Waals surface area (Å²) in [4.78, 5) is 10.2. The molecule has 0 aliphatic rings. The Hall–Kier alpha value is -1.98. The van der Waals surface area contributed by atoms with Crippen LogP contribution in [0.5, 0.6) is 0 Å². The number of carbonyl (C=O) groups is 1. The van der Waals surface area contributed by atoms with E-state index in [2.05, 4.69) is 35.5 Å². The molecule has 0 atom stereocenters. The van der Waals surface area contributed by atoms with E-state index >= 15 is 0 Å². The van der Waals surface area contributed by atoms with Crippen molar-refractivity contribution in [1.29, 1.82) is 0 Å².